The lowest BCUT2D eigenvalue weighted by molar-refractivity contribution is -0.132. The third kappa shape index (κ3) is 5.23. The van der Waals surface area contributed by atoms with E-state index in [1.165, 1.54) is 11.3 Å². The summed E-state index contributed by atoms with van der Waals surface area (Å²) in [4.78, 5) is 33.7. The van der Waals surface area contributed by atoms with E-state index in [4.69, 9.17) is 11.6 Å². The van der Waals surface area contributed by atoms with E-state index in [1.54, 1.807) is 23.7 Å². The zero-order chi connectivity index (χ0) is 20.1. The number of piperidine rings is 1. The van der Waals surface area contributed by atoms with Gasteiger partial charge in [-0.2, -0.15) is 0 Å². The fraction of sp³-hybridized carbons (Fsp3) is 0.450. The molecular formula is C20H25ClN4O2S. The standard InChI is InChI=1S/C20H25ClN4O2S/c1-14-8-15(5-6-18(14)21)10-23-20(27)24(2)16-4-3-7-25(12-16)19(26)9-17-11-22-13-28-17/h5-6,8,11,13,16H,3-4,7,9-10,12H2,1-2H3,(H,23,27)/t16-/m1/s1. The van der Waals surface area contributed by atoms with Gasteiger partial charge in [-0.1, -0.05) is 23.7 Å². The molecule has 0 spiro atoms. The number of likely N-dealkylation sites (tertiary alicyclic amines) is 1. The molecule has 1 N–H and O–H groups in total. The van der Waals surface area contributed by atoms with E-state index in [1.807, 2.05) is 30.0 Å². The molecule has 0 unspecified atom stereocenters. The third-order valence-electron chi connectivity index (χ3n) is 5.09. The van der Waals surface area contributed by atoms with Crippen molar-refractivity contribution < 1.29 is 9.59 Å². The Morgan fingerprint density at radius 3 is 2.96 bits per heavy atom. The summed E-state index contributed by atoms with van der Waals surface area (Å²) in [6.07, 6.45) is 3.91. The number of aryl methyl sites for hydroxylation is 1. The van der Waals surface area contributed by atoms with Crippen molar-refractivity contribution in [1.82, 2.24) is 20.1 Å². The molecule has 1 aromatic heterocycles. The first kappa shape index (κ1) is 20.6. The Balaban J connectivity index is 1.52. The number of carbonyl (C=O) groups excluding carboxylic acids is 2. The molecule has 2 aromatic rings. The van der Waals surface area contributed by atoms with Gasteiger partial charge in [-0.05, 0) is 37.0 Å². The number of halogens is 1. The second-order valence-electron chi connectivity index (χ2n) is 7.13. The molecule has 1 aromatic carbocycles. The second kappa shape index (κ2) is 9.39. The minimum atomic E-state index is -0.130. The molecule has 1 saturated heterocycles. The molecule has 1 aliphatic rings. The molecule has 0 saturated carbocycles. The maximum Gasteiger partial charge on any atom is 0.317 e. The average Bonchev–Trinajstić information content (AvgIpc) is 3.21. The van der Waals surface area contributed by atoms with Gasteiger partial charge in [0.2, 0.25) is 5.91 Å². The Bertz CT molecular complexity index is 828. The molecular weight excluding hydrogens is 396 g/mol. The number of amides is 3. The fourth-order valence-electron chi connectivity index (χ4n) is 3.37. The Hall–Kier alpha value is -2.12. The molecule has 28 heavy (non-hydrogen) atoms. The first-order chi connectivity index (χ1) is 13.4. The molecule has 2 heterocycles. The van der Waals surface area contributed by atoms with Crippen LogP contribution < -0.4 is 5.32 Å². The van der Waals surface area contributed by atoms with Crippen LogP contribution in [0.4, 0.5) is 4.79 Å². The van der Waals surface area contributed by atoms with Gasteiger partial charge in [0.05, 0.1) is 18.0 Å². The molecule has 0 radical (unpaired) electrons. The van der Waals surface area contributed by atoms with Crippen molar-refractivity contribution in [2.24, 2.45) is 0 Å². The molecule has 0 bridgehead atoms. The summed E-state index contributed by atoms with van der Waals surface area (Å²) < 4.78 is 0. The maximum atomic E-state index is 12.6. The highest BCUT2D eigenvalue weighted by Crippen LogP contribution is 2.18. The molecule has 0 aliphatic carbocycles. The summed E-state index contributed by atoms with van der Waals surface area (Å²) in [6.45, 7) is 3.71. The minimum absolute atomic E-state index is 0.0196. The fourth-order valence-corrected chi connectivity index (χ4v) is 4.08. The van der Waals surface area contributed by atoms with Crippen LogP contribution in [0.3, 0.4) is 0 Å². The van der Waals surface area contributed by atoms with E-state index in [0.29, 0.717) is 19.5 Å². The Labute approximate surface area is 174 Å². The van der Waals surface area contributed by atoms with E-state index in [0.717, 1.165) is 40.4 Å². The predicted molar refractivity (Wildman–Crippen MR) is 112 cm³/mol. The number of nitrogens with one attached hydrogen (secondary N) is 1. The average molecular weight is 421 g/mol. The molecule has 1 atom stereocenters. The number of nitrogens with zero attached hydrogens (tertiary/aromatic N) is 3. The van der Waals surface area contributed by atoms with Crippen molar-refractivity contribution in [2.45, 2.75) is 38.8 Å². The van der Waals surface area contributed by atoms with Crippen molar-refractivity contribution in [3.63, 3.8) is 0 Å². The Kier molecular flexibility index (Phi) is 6.91. The number of carbonyl (C=O) groups is 2. The minimum Gasteiger partial charge on any atom is -0.340 e. The van der Waals surface area contributed by atoms with Gasteiger partial charge in [0.1, 0.15) is 0 Å². The normalized spacial score (nSPS) is 16.7. The van der Waals surface area contributed by atoms with Gasteiger partial charge in [-0.15, -0.1) is 11.3 Å². The molecule has 3 rings (SSSR count). The first-order valence-corrected chi connectivity index (χ1v) is 10.6. The number of benzene rings is 1. The molecule has 1 fully saturated rings. The van der Waals surface area contributed by atoms with Crippen LogP contribution in [0.25, 0.3) is 0 Å². The summed E-state index contributed by atoms with van der Waals surface area (Å²) in [5.41, 5.74) is 3.74. The summed E-state index contributed by atoms with van der Waals surface area (Å²) in [5.74, 6) is 0.0967. The predicted octanol–water partition coefficient (Wildman–Crippen LogP) is 3.48. The van der Waals surface area contributed by atoms with Gasteiger partial charge < -0.3 is 15.1 Å². The van der Waals surface area contributed by atoms with Crippen LogP contribution in [0, 0.1) is 6.92 Å². The van der Waals surface area contributed by atoms with E-state index in [2.05, 4.69) is 10.3 Å². The number of urea groups is 1. The number of thiazole rings is 1. The molecule has 150 valence electrons. The summed E-state index contributed by atoms with van der Waals surface area (Å²) in [5, 5.41) is 3.68. The van der Waals surface area contributed by atoms with Crippen LogP contribution in [0.5, 0.6) is 0 Å². The highest BCUT2D eigenvalue weighted by molar-refractivity contribution is 7.09. The van der Waals surface area contributed by atoms with Gasteiger partial charge in [-0.3, -0.25) is 9.78 Å². The topological polar surface area (TPSA) is 65.5 Å². The SMILES string of the molecule is Cc1cc(CNC(=O)N(C)[C@@H]2CCCN(C(=O)Cc3cncs3)C2)ccc1Cl. The number of hydrogen-bond donors (Lipinski definition) is 1. The first-order valence-electron chi connectivity index (χ1n) is 9.35. The zero-order valence-electron chi connectivity index (χ0n) is 16.2. The van der Waals surface area contributed by atoms with Crippen LogP contribution in [0.2, 0.25) is 5.02 Å². The van der Waals surface area contributed by atoms with E-state index < -0.39 is 0 Å². The zero-order valence-corrected chi connectivity index (χ0v) is 17.7. The quantitative estimate of drug-likeness (QED) is 0.805. The van der Waals surface area contributed by atoms with Gasteiger partial charge in [-0.25, -0.2) is 4.79 Å². The number of hydrogen-bond acceptors (Lipinski definition) is 4. The Morgan fingerprint density at radius 2 is 2.25 bits per heavy atom. The number of rotatable bonds is 5. The maximum absolute atomic E-state index is 12.6. The number of likely N-dealkylation sites (N-methyl/N-ethyl adjacent to an activating group) is 1. The van der Waals surface area contributed by atoms with Crippen molar-refractivity contribution in [3.05, 3.63) is 50.9 Å². The summed E-state index contributed by atoms with van der Waals surface area (Å²) in [6, 6.07) is 5.62. The number of aromatic nitrogens is 1. The van der Waals surface area contributed by atoms with Gasteiger partial charge in [0, 0.05) is 42.8 Å². The lowest BCUT2D eigenvalue weighted by Crippen LogP contribution is -2.52. The Morgan fingerprint density at radius 1 is 1.43 bits per heavy atom. The summed E-state index contributed by atoms with van der Waals surface area (Å²) in [7, 11) is 1.80. The van der Waals surface area contributed by atoms with Gasteiger partial charge in [0.25, 0.3) is 0 Å². The monoisotopic (exact) mass is 420 g/mol. The lowest BCUT2D eigenvalue weighted by Gasteiger charge is -2.37. The highest BCUT2D eigenvalue weighted by atomic mass is 35.5. The lowest BCUT2D eigenvalue weighted by atomic mass is 10.0. The molecule has 8 heteroatoms. The van der Waals surface area contributed by atoms with Crippen molar-refractivity contribution in [2.75, 3.05) is 20.1 Å². The van der Waals surface area contributed by atoms with Crippen LogP contribution in [-0.4, -0.2) is 52.9 Å². The van der Waals surface area contributed by atoms with E-state index in [9.17, 15) is 9.59 Å². The van der Waals surface area contributed by atoms with Gasteiger partial charge >= 0.3 is 6.03 Å². The summed E-state index contributed by atoms with van der Waals surface area (Å²) >= 11 is 7.54. The van der Waals surface area contributed by atoms with E-state index in [-0.39, 0.29) is 18.0 Å². The van der Waals surface area contributed by atoms with Crippen LogP contribution in [0.15, 0.2) is 29.9 Å². The third-order valence-corrected chi connectivity index (χ3v) is 6.30. The molecule has 3 amide bonds. The van der Waals surface area contributed by atoms with E-state index >= 15 is 0 Å². The van der Waals surface area contributed by atoms with Crippen molar-refractivity contribution >= 4 is 34.9 Å². The smallest absolute Gasteiger partial charge is 0.317 e. The van der Waals surface area contributed by atoms with Crippen LogP contribution in [0.1, 0.15) is 28.8 Å². The van der Waals surface area contributed by atoms with Crippen molar-refractivity contribution in [1.29, 1.82) is 0 Å². The van der Waals surface area contributed by atoms with Gasteiger partial charge in [0.15, 0.2) is 0 Å². The largest absolute Gasteiger partial charge is 0.340 e. The van der Waals surface area contributed by atoms with Crippen LogP contribution in [-0.2, 0) is 17.8 Å². The second-order valence-corrected chi connectivity index (χ2v) is 8.51. The molecule has 6 nitrogen and oxygen atoms in total. The van der Waals surface area contributed by atoms with Crippen LogP contribution >= 0.6 is 22.9 Å². The highest BCUT2D eigenvalue weighted by Gasteiger charge is 2.28. The van der Waals surface area contributed by atoms with Crippen molar-refractivity contribution in [3.8, 4) is 0 Å². The molecule has 1 aliphatic heterocycles.